The molecule has 1 spiro atoms. The first-order chi connectivity index (χ1) is 12.1. The Morgan fingerprint density at radius 2 is 2.00 bits per heavy atom. The molecule has 2 aliphatic heterocycles. The third-order valence-electron chi connectivity index (χ3n) is 5.00. The molecule has 2 aliphatic rings. The molecule has 7 heteroatoms. The highest BCUT2D eigenvalue weighted by Gasteiger charge is 2.56. The van der Waals surface area contributed by atoms with Gasteiger partial charge >= 0.3 is 0 Å². The largest absolute Gasteiger partial charge is 0.484 e. The number of aryl methyl sites for hydroxylation is 1. The van der Waals surface area contributed by atoms with E-state index in [1.54, 1.807) is 29.0 Å². The first kappa shape index (κ1) is 15.7. The van der Waals surface area contributed by atoms with Crippen molar-refractivity contribution >= 4 is 11.8 Å². The summed E-state index contributed by atoms with van der Waals surface area (Å²) in [7, 11) is 1.79. The lowest BCUT2D eigenvalue weighted by atomic mass is 9.77. The van der Waals surface area contributed by atoms with E-state index < -0.39 is 0 Å². The highest BCUT2D eigenvalue weighted by molar-refractivity contribution is 5.95. The fourth-order valence-electron chi connectivity index (χ4n) is 3.47. The number of carbonyl (C=O) groups is 2. The van der Waals surface area contributed by atoms with Crippen molar-refractivity contribution in [2.45, 2.75) is 12.0 Å². The summed E-state index contributed by atoms with van der Waals surface area (Å²) in [5.74, 6) is 0.630. The monoisotopic (exact) mass is 340 g/mol. The van der Waals surface area contributed by atoms with Gasteiger partial charge in [-0.1, -0.05) is 18.2 Å². The van der Waals surface area contributed by atoms with Crippen LogP contribution in [0.4, 0.5) is 0 Å². The standard InChI is InChI=1S/C18H20N4O3/c1-20-10-14(9-19-20)17(24)22-8-7-18(22)12-21(13-18)16(23)11-25-15-5-3-2-4-6-15/h2-6,9-10H,7-8,11-13H2,1H3. The number of amides is 2. The van der Waals surface area contributed by atoms with E-state index >= 15 is 0 Å². The maximum atomic E-state index is 12.6. The van der Waals surface area contributed by atoms with E-state index in [0.717, 1.165) is 13.0 Å². The van der Waals surface area contributed by atoms with Crippen LogP contribution in [0, 0.1) is 0 Å². The molecule has 0 bridgehead atoms. The van der Waals surface area contributed by atoms with Gasteiger partial charge in [-0.05, 0) is 18.6 Å². The first-order valence-corrected chi connectivity index (χ1v) is 8.34. The van der Waals surface area contributed by atoms with Crippen LogP contribution >= 0.6 is 0 Å². The summed E-state index contributed by atoms with van der Waals surface area (Å²) in [5, 5.41) is 4.05. The zero-order valence-electron chi connectivity index (χ0n) is 14.1. The van der Waals surface area contributed by atoms with Crippen LogP contribution in [-0.4, -0.2) is 63.2 Å². The summed E-state index contributed by atoms with van der Waals surface area (Å²) in [6.07, 6.45) is 4.25. The highest BCUT2D eigenvalue weighted by atomic mass is 16.5. The molecule has 0 N–H and O–H groups in total. The summed E-state index contributed by atoms with van der Waals surface area (Å²) in [6, 6.07) is 9.29. The molecule has 3 heterocycles. The third kappa shape index (κ3) is 2.75. The lowest BCUT2D eigenvalue weighted by Gasteiger charge is -2.62. The van der Waals surface area contributed by atoms with Crippen molar-refractivity contribution in [2.75, 3.05) is 26.2 Å². The minimum atomic E-state index is -0.199. The molecule has 2 amide bonds. The van der Waals surface area contributed by atoms with Crippen LogP contribution in [0.2, 0.25) is 0 Å². The normalized spacial score (nSPS) is 17.8. The Morgan fingerprint density at radius 3 is 2.60 bits per heavy atom. The third-order valence-corrected chi connectivity index (χ3v) is 5.00. The molecular weight excluding hydrogens is 320 g/mol. The van der Waals surface area contributed by atoms with Crippen molar-refractivity contribution in [2.24, 2.45) is 7.05 Å². The number of nitrogens with zero attached hydrogens (tertiary/aromatic N) is 4. The molecule has 25 heavy (non-hydrogen) atoms. The van der Waals surface area contributed by atoms with Gasteiger partial charge in [0, 0.05) is 32.9 Å². The van der Waals surface area contributed by atoms with E-state index in [0.29, 0.717) is 24.4 Å². The van der Waals surface area contributed by atoms with Gasteiger partial charge in [0.1, 0.15) is 5.75 Å². The van der Waals surface area contributed by atoms with Crippen molar-refractivity contribution in [1.82, 2.24) is 19.6 Å². The zero-order chi connectivity index (χ0) is 17.4. The predicted molar refractivity (Wildman–Crippen MR) is 90.1 cm³/mol. The quantitative estimate of drug-likeness (QED) is 0.830. The number of hydrogen-bond acceptors (Lipinski definition) is 4. The molecule has 130 valence electrons. The molecule has 0 aliphatic carbocycles. The average molecular weight is 340 g/mol. The summed E-state index contributed by atoms with van der Waals surface area (Å²) in [5.41, 5.74) is 0.397. The second-order valence-electron chi connectivity index (χ2n) is 6.69. The zero-order valence-corrected chi connectivity index (χ0v) is 14.1. The number of carbonyl (C=O) groups excluding carboxylic acids is 2. The number of ether oxygens (including phenoxy) is 1. The molecule has 1 aromatic heterocycles. The van der Waals surface area contributed by atoms with Crippen molar-refractivity contribution in [3.8, 4) is 5.75 Å². The number of benzene rings is 1. The number of likely N-dealkylation sites (tertiary alicyclic amines) is 2. The van der Waals surface area contributed by atoms with Crippen LogP contribution in [0.15, 0.2) is 42.7 Å². The summed E-state index contributed by atoms with van der Waals surface area (Å²) >= 11 is 0. The van der Waals surface area contributed by atoms with E-state index in [9.17, 15) is 9.59 Å². The van der Waals surface area contributed by atoms with Gasteiger partial charge in [0.05, 0.1) is 17.3 Å². The fourth-order valence-corrected chi connectivity index (χ4v) is 3.47. The van der Waals surface area contributed by atoms with Crippen LogP contribution in [0.25, 0.3) is 0 Å². The molecule has 2 fully saturated rings. The van der Waals surface area contributed by atoms with Crippen LogP contribution < -0.4 is 4.74 Å². The lowest BCUT2D eigenvalue weighted by molar-refractivity contribution is -0.156. The van der Waals surface area contributed by atoms with Crippen LogP contribution in [0.1, 0.15) is 16.8 Å². The minimum absolute atomic E-state index is 0.00742. The van der Waals surface area contributed by atoms with Gasteiger partial charge in [0.25, 0.3) is 11.8 Å². The van der Waals surface area contributed by atoms with Gasteiger partial charge < -0.3 is 14.5 Å². The summed E-state index contributed by atoms with van der Waals surface area (Å²) < 4.78 is 7.13. The Balaban J connectivity index is 1.31. The molecule has 4 rings (SSSR count). The Kier molecular flexibility index (Phi) is 3.71. The van der Waals surface area contributed by atoms with E-state index in [4.69, 9.17) is 4.74 Å². The average Bonchev–Trinajstić information content (AvgIpc) is 2.98. The van der Waals surface area contributed by atoms with E-state index in [-0.39, 0.29) is 24.0 Å². The fraction of sp³-hybridized carbons (Fsp3) is 0.389. The molecule has 2 aromatic rings. The van der Waals surface area contributed by atoms with Gasteiger partial charge in [-0.25, -0.2) is 0 Å². The van der Waals surface area contributed by atoms with Gasteiger partial charge in [0.2, 0.25) is 0 Å². The number of aromatic nitrogens is 2. The SMILES string of the molecule is Cn1cc(C(=O)N2CCC23CN(C(=O)COc2ccccc2)C3)cn1. The van der Waals surface area contributed by atoms with Crippen LogP contribution in [0.3, 0.4) is 0 Å². The van der Waals surface area contributed by atoms with Gasteiger partial charge in [0.15, 0.2) is 6.61 Å². The first-order valence-electron chi connectivity index (χ1n) is 8.34. The van der Waals surface area contributed by atoms with Crippen molar-refractivity contribution < 1.29 is 14.3 Å². The Hall–Kier alpha value is -2.83. The van der Waals surface area contributed by atoms with E-state index in [1.165, 1.54) is 0 Å². The van der Waals surface area contributed by atoms with Crippen LogP contribution in [-0.2, 0) is 11.8 Å². The second-order valence-corrected chi connectivity index (χ2v) is 6.69. The Labute approximate surface area is 145 Å². The van der Waals surface area contributed by atoms with Gasteiger partial charge in [-0.3, -0.25) is 14.3 Å². The second kappa shape index (κ2) is 5.91. The van der Waals surface area contributed by atoms with E-state index in [1.807, 2.05) is 35.2 Å². The number of para-hydroxylation sites is 1. The maximum absolute atomic E-state index is 12.6. The minimum Gasteiger partial charge on any atom is -0.484 e. The molecule has 7 nitrogen and oxygen atoms in total. The van der Waals surface area contributed by atoms with Crippen molar-refractivity contribution in [3.63, 3.8) is 0 Å². The molecular formula is C18H20N4O3. The number of hydrogen-bond donors (Lipinski definition) is 0. The lowest BCUT2D eigenvalue weighted by Crippen LogP contribution is -2.78. The Bertz CT molecular complexity index is 796. The van der Waals surface area contributed by atoms with E-state index in [2.05, 4.69) is 5.10 Å². The molecule has 0 saturated carbocycles. The van der Waals surface area contributed by atoms with Gasteiger partial charge in [-0.15, -0.1) is 0 Å². The molecule has 2 saturated heterocycles. The topological polar surface area (TPSA) is 67.7 Å². The molecule has 0 radical (unpaired) electrons. The molecule has 0 unspecified atom stereocenters. The number of rotatable bonds is 4. The van der Waals surface area contributed by atoms with Crippen molar-refractivity contribution in [1.29, 1.82) is 0 Å². The maximum Gasteiger partial charge on any atom is 0.260 e. The van der Waals surface area contributed by atoms with Gasteiger partial charge in [-0.2, -0.15) is 5.10 Å². The highest BCUT2D eigenvalue weighted by Crippen LogP contribution is 2.40. The van der Waals surface area contributed by atoms with Crippen LogP contribution in [0.5, 0.6) is 5.75 Å². The molecule has 0 atom stereocenters. The Morgan fingerprint density at radius 1 is 1.24 bits per heavy atom. The molecule has 1 aromatic carbocycles. The van der Waals surface area contributed by atoms with Crippen molar-refractivity contribution in [3.05, 3.63) is 48.3 Å². The summed E-state index contributed by atoms with van der Waals surface area (Å²) in [4.78, 5) is 28.5. The summed E-state index contributed by atoms with van der Waals surface area (Å²) in [6.45, 7) is 1.92. The predicted octanol–water partition coefficient (Wildman–Crippen LogP) is 0.926. The smallest absolute Gasteiger partial charge is 0.260 e.